The molecule has 4 aromatic rings. The number of hydrogen-bond donors (Lipinski definition) is 1. The van der Waals surface area contributed by atoms with Crippen LogP contribution >= 0.6 is 0 Å². The molecule has 2 heterocycles. The van der Waals surface area contributed by atoms with Crippen LogP contribution in [0, 0.1) is 0 Å². The molecule has 0 unspecified atom stereocenters. The van der Waals surface area contributed by atoms with Crippen LogP contribution in [0.2, 0.25) is 0 Å². The predicted octanol–water partition coefficient (Wildman–Crippen LogP) is 4.49. The van der Waals surface area contributed by atoms with E-state index in [9.17, 15) is 5.11 Å². The summed E-state index contributed by atoms with van der Waals surface area (Å²) in [6.45, 7) is 6.41. The quantitative estimate of drug-likeness (QED) is 0.474. The van der Waals surface area contributed by atoms with Crippen LogP contribution in [0.15, 0.2) is 84.9 Å². The first-order valence-corrected chi connectivity index (χ1v) is 11.6. The van der Waals surface area contributed by atoms with Gasteiger partial charge < -0.3 is 9.67 Å². The summed E-state index contributed by atoms with van der Waals surface area (Å²) in [6, 6.07) is 27.4. The number of rotatable bonds is 7. The van der Waals surface area contributed by atoms with E-state index in [1.807, 2.05) is 6.07 Å². The summed E-state index contributed by atoms with van der Waals surface area (Å²) in [4.78, 5) is 4.88. The molecule has 164 valence electrons. The van der Waals surface area contributed by atoms with Crippen molar-refractivity contribution in [1.29, 1.82) is 0 Å². The summed E-state index contributed by atoms with van der Waals surface area (Å²) in [7, 11) is 0. The Bertz CT molecular complexity index is 1140. The van der Waals surface area contributed by atoms with E-state index in [0.29, 0.717) is 13.1 Å². The molecule has 1 N–H and O–H groups in total. The number of fused-ring (bicyclic) bond motifs is 3. The Morgan fingerprint density at radius 3 is 1.91 bits per heavy atom. The van der Waals surface area contributed by atoms with Gasteiger partial charge in [0.1, 0.15) is 0 Å². The van der Waals surface area contributed by atoms with Gasteiger partial charge in [0.25, 0.3) is 0 Å². The van der Waals surface area contributed by atoms with Crippen molar-refractivity contribution in [1.82, 2.24) is 14.4 Å². The number of benzene rings is 3. The molecule has 1 atom stereocenters. The second kappa shape index (κ2) is 9.70. The van der Waals surface area contributed by atoms with E-state index in [4.69, 9.17) is 0 Å². The van der Waals surface area contributed by atoms with Gasteiger partial charge in [-0.15, -0.1) is 0 Å². The van der Waals surface area contributed by atoms with Crippen molar-refractivity contribution in [3.05, 3.63) is 90.5 Å². The van der Waals surface area contributed by atoms with E-state index in [2.05, 4.69) is 99.3 Å². The van der Waals surface area contributed by atoms with Crippen molar-refractivity contribution in [3.63, 3.8) is 0 Å². The smallest absolute Gasteiger partial charge is 0.0845 e. The Morgan fingerprint density at radius 1 is 0.688 bits per heavy atom. The zero-order valence-electron chi connectivity index (χ0n) is 18.5. The standard InChI is InChI=1S/C28H31N3O/c32-24(22-31-27-14-6-4-12-25(27)26-13-5-7-15-28(26)31)21-30-19-17-29(18-20-30)16-8-11-23-9-2-1-3-10-23/h1-15,24,32H,16-22H2/b11-8+/t24-/m1/s1. The molecule has 0 aliphatic carbocycles. The molecule has 1 aliphatic rings. The largest absolute Gasteiger partial charge is 0.390 e. The first-order chi connectivity index (χ1) is 15.8. The molecular weight excluding hydrogens is 394 g/mol. The average molecular weight is 426 g/mol. The summed E-state index contributed by atoms with van der Waals surface area (Å²) >= 11 is 0. The van der Waals surface area contributed by atoms with Crippen molar-refractivity contribution in [2.75, 3.05) is 39.3 Å². The Morgan fingerprint density at radius 2 is 1.25 bits per heavy atom. The molecule has 1 aromatic heterocycles. The number of aliphatic hydroxyl groups excluding tert-OH is 1. The fourth-order valence-electron chi connectivity index (χ4n) is 4.82. The van der Waals surface area contributed by atoms with Crippen LogP contribution in [-0.2, 0) is 6.54 Å². The van der Waals surface area contributed by atoms with Crippen LogP contribution < -0.4 is 0 Å². The van der Waals surface area contributed by atoms with Gasteiger partial charge in [-0.1, -0.05) is 78.9 Å². The molecule has 0 radical (unpaired) electrons. The molecule has 3 aromatic carbocycles. The van der Waals surface area contributed by atoms with Gasteiger partial charge in [-0.2, -0.15) is 0 Å². The monoisotopic (exact) mass is 425 g/mol. The van der Waals surface area contributed by atoms with Gasteiger partial charge in [-0.05, 0) is 17.7 Å². The van der Waals surface area contributed by atoms with Crippen LogP contribution in [-0.4, -0.2) is 64.8 Å². The van der Waals surface area contributed by atoms with E-state index in [-0.39, 0.29) is 0 Å². The topological polar surface area (TPSA) is 31.6 Å². The lowest BCUT2D eigenvalue weighted by atomic mass is 10.2. The molecule has 32 heavy (non-hydrogen) atoms. The number of hydrogen-bond acceptors (Lipinski definition) is 3. The second-order valence-electron chi connectivity index (χ2n) is 8.71. The van der Waals surface area contributed by atoms with Crippen molar-refractivity contribution in [2.45, 2.75) is 12.6 Å². The van der Waals surface area contributed by atoms with E-state index in [0.717, 1.165) is 32.7 Å². The lowest BCUT2D eigenvalue weighted by Gasteiger charge is -2.35. The van der Waals surface area contributed by atoms with Gasteiger partial charge >= 0.3 is 0 Å². The highest BCUT2D eigenvalue weighted by Crippen LogP contribution is 2.28. The Labute approximate surface area is 190 Å². The zero-order valence-corrected chi connectivity index (χ0v) is 18.5. The van der Waals surface area contributed by atoms with Gasteiger partial charge in [0, 0.05) is 61.1 Å². The molecule has 0 spiro atoms. The third-order valence-corrected chi connectivity index (χ3v) is 6.48. The summed E-state index contributed by atoms with van der Waals surface area (Å²) in [5.74, 6) is 0. The number of nitrogens with zero attached hydrogens (tertiary/aromatic N) is 3. The maximum absolute atomic E-state index is 10.9. The second-order valence-corrected chi connectivity index (χ2v) is 8.71. The van der Waals surface area contributed by atoms with Crippen LogP contribution in [0.25, 0.3) is 27.9 Å². The highest BCUT2D eigenvalue weighted by Gasteiger charge is 2.20. The number of piperazine rings is 1. The molecule has 1 fully saturated rings. The van der Waals surface area contributed by atoms with Gasteiger partial charge in [-0.3, -0.25) is 9.80 Å². The van der Waals surface area contributed by atoms with Crippen molar-refractivity contribution >= 4 is 27.9 Å². The van der Waals surface area contributed by atoms with Crippen LogP contribution in [0.4, 0.5) is 0 Å². The summed E-state index contributed by atoms with van der Waals surface area (Å²) in [5, 5.41) is 13.5. The van der Waals surface area contributed by atoms with Crippen LogP contribution in [0.3, 0.4) is 0 Å². The third kappa shape index (κ3) is 4.63. The van der Waals surface area contributed by atoms with Crippen molar-refractivity contribution < 1.29 is 5.11 Å². The van der Waals surface area contributed by atoms with E-state index in [1.165, 1.54) is 27.4 Å². The molecule has 1 saturated heterocycles. The Balaban J connectivity index is 1.16. The Kier molecular flexibility index (Phi) is 6.35. The van der Waals surface area contributed by atoms with E-state index in [1.54, 1.807) is 0 Å². The molecule has 4 heteroatoms. The van der Waals surface area contributed by atoms with Crippen LogP contribution in [0.5, 0.6) is 0 Å². The Hall–Kier alpha value is -2.92. The summed E-state index contributed by atoms with van der Waals surface area (Å²) in [5.41, 5.74) is 3.64. The van der Waals surface area contributed by atoms with E-state index >= 15 is 0 Å². The maximum atomic E-state index is 10.9. The minimum atomic E-state index is -0.390. The number of aliphatic hydroxyl groups is 1. The molecule has 0 bridgehead atoms. The summed E-state index contributed by atoms with van der Waals surface area (Å²) < 4.78 is 2.28. The van der Waals surface area contributed by atoms with E-state index < -0.39 is 6.10 Å². The highest BCUT2D eigenvalue weighted by molar-refractivity contribution is 6.07. The average Bonchev–Trinajstić information content (AvgIpc) is 3.15. The number of β-amino-alcohol motifs (C(OH)–C–C–N with tert-alkyl or cyclic N) is 1. The van der Waals surface area contributed by atoms with Gasteiger partial charge in [0.2, 0.25) is 0 Å². The molecule has 0 saturated carbocycles. The lowest BCUT2D eigenvalue weighted by Crippen LogP contribution is -2.48. The summed E-state index contributed by atoms with van der Waals surface area (Å²) in [6.07, 6.45) is 4.06. The SMILES string of the molecule is O[C@H](CN1CCN(C/C=C/c2ccccc2)CC1)Cn1c2ccccc2c2ccccc21. The molecule has 1 aliphatic heterocycles. The van der Waals surface area contributed by atoms with Crippen molar-refractivity contribution in [3.8, 4) is 0 Å². The number of aromatic nitrogens is 1. The fourth-order valence-corrected chi connectivity index (χ4v) is 4.82. The predicted molar refractivity (Wildman–Crippen MR) is 134 cm³/mol. The van der Waals surface area contributed by atoms with Gasteiger partial charge in [0.15, 0.2) is 0 Å². The third-order valence-electron chi connectivity index (χ3n) is 6.48. The molecule has 5 rings (SSSR count). The lowest BCUT2D eigenvalue weighted by molar-refractivity contribution is 0.0688. The fraction of sp³-hybridized carbons (Fsp3) is 0.286. The van der Waals surface area contributed by atoms with Gasteiger partial charge in [-0.25, -0.2) is 0 Å². The molecular formula is C28H31N3O. The van der Waals surface area contributed by atoms with Crippen molar-refractivity contribution in [2.24, 2.45) is 0 Å². The molecule has 4 nitrogen and oxygen atoms in total. The first-order valence-electron chi connectivity index (χ1n) is 11.6. The minimum absolute atomic E-state index is 0.390. The van der Waals surface area contributed by atoms with Crippen LogP contribution in [0.1, 0.15) is 5.56 Å². The van der Waals surface area contributed by atoms with Gasteiger partial charge in [0.05, 0.1) is 12.6 Å². The maximum Gasteiger partial charge on any atom is 0.0845 e. The first kappa shape index (κ1) is 21.0. The number of para-hydroxylation sites is 2. The highest BCUT2D eigenvalue weighted by atomic mass is 16.3. The molecule has 0 amide bonds. The normalized spacial score (nSPS) is 16.9. The minimum Gasteiger partial charge on any atom is -0.390 e. The zero-order chi connectivity index (χ0) is 21.8.